The van der Waals surface area contributed by atoms with Crippen LogP contribution in [-0.2, 0) is 4.79 Å². The van der Waals surface area contributed by atoms with Crippen LogP contribution in [0.1, 0.15) is 30.9 Å². The van der Waals surface area contributed by atoms with E-state index < -0.39 is 30.1 Å². The summed E-state index contributed by atoms with van der Waals surface area (Å²) in [7, 11) is 0. The lowest BCUT2D eigenvalue weighted by Gasteiger charge is -2.39. The smallest absolute Gasteiger partial charge is 0.429 e. The van der Waals surface area contributed by atoms with E-state index in [9.17, 15) is 27.5 Å². The van der Waals surface area contributed by atoms with Crippen molar-refractivity contribution in [2.75, 3.05) is 30.3 Å². The number of carbonyl (C=O) groups is 1. The molecule has 1 unspecified atom stereocenters. The highest BCUT2D eigenvalue weighted by molar-refractivity contribution is 6.30. The Morgan fingerprint density at radius 3 is 2.58 bits per heavy atom. The summed E-state index contributed by atoms with van der Waals surface area (Å²) in [6, 6.07) is 9.70. The van der Waals surface area contributed by atoms with Crippen LogP contribution >= 0.6 is 11.6 Å². The first-order valence-electron chi connectivity index (χ1n) is 12.6. The summed E-state index contributed by atoms with van der Waals surface area (Å²) in [6.07, 6.45) is -5.47. The van der Waals surface area contributed by atoms with Gasteiger partial charge in [0.1, 0.15) is 17.7 Å². The molecule has 3 aromatic rings. The van der Waals surface area contributed by atoms with Crippen LogP contribution in [0.4, 0.5) is 29.3 Å². The van der Waals surface area contributed by atoms with Crippen molar-refractivity contribution in [1.29, 1.82) is 0 Å². The molecule has 13 heteroatoms. The number of nitrogen functional groups attached to an aromatic ring is 1. The van der Waals surface area contributed by atoms with Gasteiger partial charge in [-0.15, -0.1) is 0 Å². The average Bonchev–Trinajstić information content (AvgIpc) is 3.31. The standard InChI is InChI=1S/C27H26ClF4N5O3/c28-16-4-5-18(19(11-16)15-2-1-3-17(29)10-15)23(27(30,31)32)40-22-12-21(35-25(33)36-22)37-8-6-26(7-9-37)13-20(24(38)39)34-14-26/h1-5,10-12,20,23,34H,6-9,13-14H2,(H,38,39)(H2,33,35,36)/t20?,23-/m1/s1. The van der Waals surface area contributed by atoms with E-state index in [0.29, 0.717) is 44.7 Å². The number of nitrogens with two attached hydrogens (primary N) is 1. The van der Waals surface area contributed by atoms with Crippen molar-refractivity contribution < 1.29 is 32.2 Å². The molecular formula is C27H26ClF4N5O3. The largest absolute Gasteiger partial charge is 0.480 e. The number of ether oxygens (including phenoxy) is 1. The lowest BCUT2D eigenvalue weighted by molar-refractivity contribution is -0.198. The molecule has 212 valence electrons. The summed E-state index contributed by atoms with van der Waals surface area (Å²) in [6.45, 7) is 1.60. The van der Waals surface area contributed by atoms with Crippen LogP contribution in [0.3, 0.4) is 0 Å². The van der Waals surface area contributed by atoms with Crippen LogP contribution < -0.4 is 20.7 Å². The van der Waals surface area contributed by atoms with Crippen LogP contribution in [0.25, 0.3) is 11.1 Å². The lowest BCUT2D eigenvalue weighted by Crippen LogP contribution is -2.41. The molecule has 1 aromatic heterocycles. The van der Waals surface area contributed by atoms with Crippen molar-refractivity contribution in [2.45, 2.75) is 37.6 Å². The Morgan fingerprint density at radius 2 is 1.93 bits per heavy atom. The molecule has 0 amide bonds. The minimum absolute atomic E-state index is 0.0581. The van der Waals surface area contributed by atoms with Gasteiger partial charge in [0.2, 0.25) is 17.9 Å². The molecule has 8 nitrogen and oxygen atoms in total. The van der Waals surface area contributed by atoms with Crippen molar-refractivity contribution in [3.63, 3.8) is 0 Å². The Morgan fingerprint density at radius 1 is 1.18 bits per heavy atom. The molecule has 5 rings (SSSR count). The first kappa shape index (κ1) is 27.9. The maximum atomic E-state index is 14.4. The van der Waals surface area contributed by atoms with E-state index in [4.69, 9.17) is 22.1 Å². The molecule has 40 heavy (non-hydrogen) atoms. The second-order valence-corrected chi connectivity index (χ2v) is 10.6. The van der Waals surface area contributed by atoms with Crippen molar-refractivity contribution in [1.82, 2.24) is 15.3 Å². The van der Waals surface area contributed by atoms with Crippen molar-refractivity contribution in [2.24, 2.45) is 5.41 Å². The van der Waals surface area contributed by atoms with Crippen molar-refractivity contribution >= 4 is 29.3 Å². The Balaban J connectivity index is 1.41. The Hall–Kier alpha value is -3.64. The van der Waals surface area contributed by atoms with E-state index in [2.05, 4.69) is 15.3 Å². The van der Waals surface area contributed by atoms with Gasteiger partial charge in [0, 0.05) is 36.3 Å². The number of rotatable bonds is 6. The second-order valence-electron chi connectivity index (χ2n) is 10.2. The molecular weight excluding hydrogens is 554 g/mol. The molecule has 1 spiro atoms. The molecule has 2 aliphatic rings. The molecule has 2 aliphatic heterocycles. The van der Waals surface area contributed by atoms with Crippen LogP contribution in [0.15, 0.2) is 48.5 Å². The topological polar surface area (TPSA) is 114 Å². The SMILES string of the molecule is Nc1nc(O[C@H](c2ccc(Cl)cc2-c2cccc(F)c2)C(F)(F)F)cc(N2CCC3(CC2)CNC(C(=O)O)C3)n1. The number of aromatic nitrogens is 2. The summed E-state index contributed by atoms with van der Waals surface area (Å²) >= 11 is 6.09. The number of carboxylic acid groups (broad SMARTS) is 1. The van der Waals surface area contributed by atoms with E-state index in [1.807, 2.05) is 4.90 Å². The summed E-state index contributed by atoms with van der Waals surface area (Å²) in [5.74, 6) is -1.83. The van der Waals surface area contributed by atoms with E-state index >= 15 is 0 Å². The summed E-state index contributed by atoms with van der Waals surface area (Å²) in [4.78, 5) is 21.3. The Labute approximate surface area is 232 Å². The molecule has 0 saturated carbocycles. The predicted octanol–water partition coefficient (Wildman–Crippen LogP) is 5.23. The van der Waals surface area contributed by atoms with Crippen LogP contribution in [0.5, 0.6) is 5.88 Å². The number of benzene rings is 2. The van der Waals surface area contributed by atoms with Crippen LogP contribution in [0, 0.1) is 11.2 Å². The quantitative estimate of drug-likeness (QED) is 0.340. The number of nitrogens with one attached hydrogen (secondary N) is 1. The van der Waals surface area contributed by atoms with Gasteiger partial charge in [-0.1, -0.05) is 29.8 Å². The van der Waals surface area contributed by atoms with Gasteiger partial charge in [-0.25, -0.2) is 4.39 Å². The number of piperidine rings is 1. The maximum absolute atomic E-state index is 14.4. The number of alkyl halides is 3. The van der Waals surface area contributed by atoms with Gasteiger partial charge >= 0.3 is 12.1 Å². The van der Waals surface area contributed by atoms with Crippen molar-refractivity contribution in [3.05, 3.63) is 64.9 Å². The molecule has 0 radical (unpaired) electrons. The van der Waals surface area contributed by atoms with Crippen molar-refractivity contribution in [3.8, 4) is 17.0 Å². The molecule has 3 heterocycles. The van der Waals surface area contributed by atoms with Crippen LogP contribution in [0.2, 0.25) is 5.02 Å². The molecule has 2 aromatic carbocycles. The minimum Gasteiger partial charge on any atom is -0.480 e. The maximum Gasteiger partial charge on any atom is 0.429 e. The van der Waals surface area contributed by atoms with Gasteiger partial charge in [-0.2, -0.15) is 23.1 Å². The third kappa shape index (κ3) is 5.92. The molecule has 0 bridgehead atoms. The third-order valence-corrected chi connectivity index (χ3v) is 7.72. The van der Waals surface area contributed by atoms with E-state index in [-0.39, 0.29) is 39.0 Å². The highest BCUT2D eigenvalue weighted by Gasteiger charge is 2.46. The fourth-order valence-corrected chi connectivity index (χ4v) is 5.60. The van der Waals surface area contributed by atoms with Gasteiger partial charge in [0.05, 0.1) is 0 Å². The summed E-state index contributed by atoms with van der Waals surface area (Å²) in [5.41, 5.74) is 5.69. The zero-order valence-electron chi connectivity index (χ0n) is 21.1. The van der Waals surface area contributed by atoms with Gasteiger partial charge in [-0.05, 0) is 60.1 Å². The summed E-state index contributed by atoms with van der Waals surface area (Å²) in [5, 5.41) is 12.5. The first-order valence-corrected chi connectivity index (χ1v) is 12.9. The fraction of sp³-hybridized carbons (Fsp3) is 0.370. The number of anilines is 2. The molecule has 2 fully saturated rings. The zero-order chi connectivity index (χ0) is 28.7. The summed E-state index contributed by atoms with van der Waals surface area (Å²) < 4.78 is 62.6. The van der Waals surface area contributed by atoms with Gasteiger partial charge in [0.15, 0.2) is 0 Å². The molecule has 2 saturated heterocycles. The van der Waals surface area contributed by atoms with Gasteiger partial charge in [0.25, 0.3) is 0 Å². The lowest BCUT2D eigenvalue weighted by atomic mass is 9.76. The van der Waals surface area contributed by atoms with E-state index in [1.165, 1.54) is 42.5 Å². The highest BCUT2D eigenvalue weighted by Crippen LogP contribution is 2.43. The number of hydrogen-bond acceptors (Lipinski definition) is 7. The fourth-order valence-electron chi connectivity index (χ4n) is 5.43. The number of carboxylic acids is 1. The Kier molecular flexibility index (Phi) is 7.49. The number of hydrogen-bond donors (Lipinski definition) is 3. The normalized spacial score (nSPS) is 19.5. The molecule has 4 N–H and O–H groups in total. The average molecular weight is 580 g/mol. The predicted molar refractivity (Wildman–Crippen MR) is 141 cm³/mol. The molecule has 0 aliphatic carbocycles. The zero-order valence-corrected chi connectivity index (χ0v) is 21.8. The minimum atomic E-state index is -4.87. The second kappa shape index (κ2) is 10.7. The first-order chi connectivity index (χ1) is 18.9. The third-order valence-electron chi connectivity index (χ3n) is 7.48. The number of aliphatic carboxylic acids is 1. The van der Waals surface area contributed by atoms with Gasteiger partial charge < -0.3 is 25.8 Å². The molecule has 2 atom stereocenters. The van der Waals surface area contributed by atoms with E-state index in [0.717, 1.165) is 6.07 Å². The number of nitrogens with zero attached hydrogens (tertiary/aromatic N) is 3. The van der Waals surface area contributed by atoms with E-state index in [1.54, 1.807) is 0 Å². The van der Waals surface area contributed by atoms with Crippen LogP contribution in [-0.4, -0.2) is 52.9 Å². The Bertz CT molecular complexity index is 1420. The highest BCUT2D eigenvalue weighted by atomic mass is 35.5. The monoisotopic (exact) mass is 579 g/mol. The van der Waals surface area contributed by atoms with Gasteiger partial charge in [-0.3, -0.25) is 4.79 Å². The number of halogens is 5.